The molecule has 0 amide bonds. The number of hydrogen-bond acceptors (Lipinski definition) is 3. The van der Waals surface area contributed by atoms with Gasteiger partial charge in [-0.2, -0.15) is 0 Å². The molecule has 0 heterocycles. The first kappa shape index (κ1) is 22.6. The van der Waals surface area contributed by atoms with Crippen LogP contribution in [0, 0.1) is 0 Å². The van der Waals surface area contributed by atoms with Crippen LogP contribution in [0.3, 0.4) is 0 Å². The van der Waals surface area contributed by atoms with E-state index in [1.807, 2.05) is 0 Å². The largest absolute Gasteiger partial charge is 0.463 e. The molecule has 0 radical (unpaired) electrons. The van der Waals surface area contributed by atoms with Crippen molar-refractivity contribution in [1.82, 2.24) is 0 Å². The molecule has 3 nitrogen and oxygen atoms in total. The van der Waals surface area contributed by atoms with Gasteiger partial charge in [-0.3, -0.25) is 0 Å². The molecule has 1 rings (SSSR count). The third-order valence-electron chi connectivity index (χ3n) is 4.26. The molecular formula is C18H42O3Si3. The van der Waals surface area contributed by atoms with E-state index in [1.54, 1.807) is 0 Å². The van der Waals surface area contributed by atoms with Gasteiger partial charge in [-0.1, -0.05) is 57.8 Å². The van der Waals surface area contributed by atoms with Crippen LogP contribution in [0.5, 0.6) is 0 Å². The van der Waals surface area contributed by atoms with E-state index in [0.717, 1.165) is 0 Å². The normalized spacial score (nSPS) is 20.6. The van der Waals surface area contributed by atoms with Crippen molar-refractivity contribution in [3.05, 3.63) is 0 Å². The van der Waals surface area contributed by atoms with Gasteiger partial charge in [-0.05, 0) is 52.1 Å². The van der Waals surface area contributed by atoms with E-state index in [0.29, 0.717) is 6.10 Å². The molecule has 0 saturated heterocycles. The topological polar surface area (TPSA) is 27.7 Å². The highest BCUT2D eigenvalue weighted by atomic mass is 28.5. The molecule has 1 aliphatic rings. The Labute approximate surface area is 155 Å². The Hall–Kier alpha value is 0.531. The maximum atomic E-state index is 6.51. The van der Waals surface area contributed by atoms with Crippen LogP contribution in [0.4, 0.5) is 0 Å². The van der Waals surface area contributed by atoms with E-state index in [2.05, 4.69) is 39.3 Å². The summed E-state index contributed by atoms with van der Waals surface area (Å²) in [6.45, 7) is 13.4. The highest BCUT2D eigenvalue weighted by molar-refractivity contribution is 6.79. The van der Waals surface area contributed by atoms with Crippen molar-refractivity contribution in [2.24, 2.45) is 0 Å². The predicted molar refractivity (Wildman–Crippen MR) is 112 cm³/mol. The van der Waals surface area contributed by atoms with Crippen molar-refractivity contribution in [2.75, 3.05) is 0 Å². The van der Waals surface area contributed by atoms with Gasteiger partial charge in [0.2, 0.25) is 0 Å². The third kappa shape index (κ3) is 12.8. The average Bonchev–Trinajstić information content (AvgIpc) is 2.38. The molecule has 1 saturated carbocycles. The lowest BCUT2D eigenvalue weighted by Crippen LogP contribution is -2.46. The SMILES string of the molecule is C[Si](C)(C)O[SiH](OC1CCCCCCCCCCC1)O[Si](C)(C)C. The zero-order valence-electron chi connectivity index (χ0n) is 17.2. The summed E-state index contributed by atoms with van der Waals surface area (Å²) in [7, 11) is -5.27. The van der Waals surface area contributed by atoms with Crippen LogP contribution < -0.4 is 0 Å². The molecular weight excluding hydrogens is 348 g/mol. The van der Waals surface area contributed by atoms with Gasteiger partial charge >= 0.3 is 9.53 Å². The molecule has 0 aromatic carbocycles. The molecule has 6 heteroatoms. The Morgan fingerprint density at radius 1 is 0.583 bits per heavy atom. The summed E-state index contributed by atoms with van der Waals surface area (Å²) in [6, 6.07) is 0. The fourth-order valence-electron chi connectivity index (χ4n) is 3.08. The van der Waals surface area contributed by atoms with Crippen molar-refractivity contribution >= 4 is 26.2 Å². The minimum Gasteiger partial charge on any atom is -0.419 e. The van der Waals surface area contributed by atoms with Crippen molar-refractivity contribution in [2.45, 2.75) is 116 Å². The summed E-state index contributed by atoms with van der Waals surface area (Å²) in [6.07, 6.45) is 15.1. The monoisotopic (exact) mass is 390 g/mol. The van der Waals surface area contributed by atoms with E-state index >= 15 is 0 Å². The van der Waals surface area contributed by atoms with E-state index in [-0.39, 0.29) is 0 Å². The van der Waals surface area contributed by atoms with E-state index in [9.17, 15) is 0 Å². The highest BCUT2D eigenvalue weighted by Crippen LogP contribution is 2.21. The van der Waals surface area contributed by atoms with Gasteiger partial charge in [-0.15, -0.1) is 0 Å². The summed E-state index contributed by atoms with van der Waals surface area (Å²) in [5.41, 5.74) is 0. The van der Waals surface area contributed by atoms with E-state index in [4.69, 9.17) is 12.7 Å². The Morgan fingerprint density at radius 2 is 0.917 bits per heavy atom. The molecule has 24 heavy (non-hydrogen) atoms. The molecule has 144 valence electrons. The lowest BCUT2D eigenvalue weighted by Gasteiger charge is -2.32. The first-order valence-electron chi connectivity index (χ1n) is 10.2. The van der Waals surface area contributed by atoms with Gasteiger partial charge in [0, 0.05) is 6.10 Å². The lowest BCUT2D eigenvalue weighted by molar-refractivity contribution is 0.108. The standard InChI is InChI=1S/C18H42O3Si3/c1-23(2,3)20-22(21-24(4,5)6)19-18-16-14-12-10-8-7-9-11-13-15-17-18/h18,22H,7-17H2,1-6H3. The van der Waals surface area contributed by atoms with Crippen LogP contribution in [0.15, 0.2) is 0 Å². The number of hydrogen-bond donors (Lipinski definition) is 0. The Balaban J connectivity index is 2.60. The predicted octanol–water partition coefficient (Wildman–Crippen LogP) is 6.10. The second-order valence-electron chi connectivity index (χ2n) is 9.27. The quantitative estimate of drug-likeness (QED) is 0.513. The zero-order chi connectivity index (χ0) is 18.1. The van der Waals surface area contributed by atoms with E-state index in [1.165, 1.54) is 70.6 Å². The van der Waals surface area contributed by atoms with Crippen LogP contribution >= 0.6 is 0 Å². The number of rotatable bonds is 6. The van der Waals surface area contributed by atoms with Crippen molar-refractivity contribution < 1.29 is 12.7 Å². The third-order valence-corrected chi connectivity index (χ3v) is 12.1. The molecule has 0 bridgehead atoms. The maximum absolute atomic E-state index is 6.51. The van der Waals surface area contributed by atoms with Gasteiger partial charge < -0.3 is 12.7 Å². The van der Waals surface area contributed by atoms with Crippen LogP contribution in [-0.2, 0) is 12.7 Å². The summed E-state index contributed by atoms with van der Waals surface area (Å²) >= 11 is 0. The Kier molecular flexibility index (Phi) is 10.6. The van der Waals surface area contributed by atoms with Gasteiger partial charge in [0.05, 0.1) is 0 Å². The smallest absolute Gasteiger partial charge is 0.419 e. The van der Waals surface area contributed by atoms with Crippen LogP contribution in [0.1, 0.15) is 70.6 Å². The summed E-state index contributed by atoms with van der Waals surface area (Å²) in [5.74, 6) is 0. The van der Waals surface area contributed by atoms with Crippen LogP contribution in [-0.4, -0.2) is 32.3 Å². The Morgan fingerprint density at radius 3 is 1.25 bits per heavy atom. The lowest BCUT2D eigenvalue weighted by atomic mass is 10.00. The maximum Gasteiger partial charge on any atom is 0.463 e. The van der Waals surface area contributed by atoms with Gasteiger partial charge in [0.25, 0.3) is 0 Å². The fraction of sp³-hybridized carbons (Fsp3) is 1.00. The van der Waals surface area contributed by atoms with Crippen LogP contribution in [0.25, 0.3) is 0 Å². The molecule has 0 atom stereocenters. The molecule has 0 aliphatic heterocycles. The molecule has 0 unspecified atom stereocenters. The summed E-state index contributed by atoms with van der Waals surface area (Å²) in [4.78, 5) is 0. The van der Waals surface area contributed by atoms with Crippen molar-refractivity contribution in [3.8, 4) is 0 Å². The molecule has 1 fully saturated rings. The molecule has 1 aliphatic carbocycles. The molecule has 0 aromatic rings. The first-order valence-corrected chi connectivity index (χ1v) is 18.4. The van der Waals surface area contributed by atoms with Gasteiger partial charge in [0.1, 0.15) is 0 Å². The first-order chi connectivity index (χ1) is 11.2. The highest BCUT2D eigenvalue weighted by Gasteiger charge is 2.32. The second-order valence-corrected chi connectivity index (χ2v) is 20.5. The van der Waals surface area contributed by atoms with E-state index < -0.39 is 26.2 Å². The average molecular weight is 391 g/mol. The molecule has 0 N–H and O–H groups in total. The summed E-state index contributed by atoms with van der Waals surface area (Å²) in [5, 5.41) is 0. The second kappa shape index (κ2) is 11.3. The fourth-order valence-corrected chi connectivity index (χ4v) is 9.35. The Bertz CT molecular complexity index is 298. The van der Waals surface area contributed by atoms with Crippen LogP contribution in [0.2, 0.25) is 39.3 Å². The molecule has 0 spiro atoms. The minimum atomic E-state index is -2.01. The van der Waals surface area contributed by atoms with Gasteiger partial charge in [-0.25, -0.2) is 0 Å². The van der Waals surface area contributed by atoms with Crippen molar-refractivity contribution in [1.29, 1.82) is 0 Å². The van der Waals surface area contributed by atoms with Gasteiger partial charge in [0.15, 0.2) is 16.6 Å². The minimum absolute atomic E-state index is 0.355. The zero-order valence-corrected chi connectivity index (χ0v) is 20.3. The van der Waals surface area contributed by atoms with Crippen molar-refractivity contribution in [3.63, 3.8) is 0 Å². The summed E-state index contributed by atoms with van der Waals surface area (Å²) < 4.78 is 19.2. The molecule has 0 aromatic heterocycles.